The number of hydrogen-bond acceptors (Lipinski definition) is 3. The van der Waals surface area contributed by atoms with Crippen LogP contribution in [0.5, 0.6) is 0 Å². The molecular formula is C28H25F5N4. The highest BCUT2D eigenvalue weighted by atomic mass is 19.4. The van der Waals surface area contributed by atoms with Gasteiger partial charge in [-0.3, -0.25) is 0 Å². The molecule has 3 fully saturated rings. The molecule has 2 aromatic heterocycles. The van der Waals surface area contributed by atoms with Crippen LogP contribution in [0.1, 0.15) is 38.2 Å². The average molecular weight is 513 g/mol. The fraction of sp³-hybridized carbons (Fsp3) is 0.357. The molecule has 2 N–H and O–H groups in total. The first-order valence-electron chi connectivity index (χ1n) is 12.5. The Hall–Kier alpha value is -3.49. The molecular weight excluding hydrogens is 487 g/mol. The number of aromatic nitrogens is 3. The number of hydrogen-bond donors (Lipinski definition) is 2. The standard InChI is InChI=1S/C28H25F5N4/c1-14-15-2-4-17(5-3-15)25(14)36-24-12-23(16-6-8-18(9-7-16)28(31,32)33)35-27(37-24)21-13-34-26-20(21)10-19(29)11-22(26)30/h6-15,17,25,34H,2-5H2,1H3,(H,35,36,37). The van der Waals surface area contributed by atoms with Gasteiger partial charge in [0.15, 0.2) is 5.82 Å². The summed E-state index contributed by atoms with van der Waals surface area (Å²) in [5, 5.41) is 3.88. The molecule has 0 saturated heterocycles. The van der Waals surface area contributed by atoms with E-state index in [4.69, 9.17) is 4.98 Å². The number of aromatic amines is 1. The molecule has 7 rings (SSSR count). The second kappa shape index (κ2) is 8.82. The average Bonchev–Trinajstić information content (AvgIpc) is 3.30. The van der Waals surface area contributed by atoms with Crippen molar-refractivity contribution in [2.45, 2.75) is 44.8 Å². The van der Waals surface area contributed by atoms with E-state index in [0.29, 0.717) is 40.4 Å². The van der Waals surface area contributed by atoms with Gasteiger partial charge >= 0.3 is 6.18 Å². The lowest BCUT2D eigenvalue weighted by Crippen LogP contribution is -2.47. The molecule has 2 bridgehead atoms. The number of nitrogens with one attached hydrogen (secondary N) is 2. The summed E-state index contributed by atoms with van der Waals surface area (Å²) >= 11 is 0. The molecule has 192 valence electrons. The summed E-state index contributed by atoms with van der Waals surface area (Å²) < 4.78 is 67.8. The van der Waals surface area contributed by atoms with Crippen LogP contribution in [0.4, 0.5) is 27.8 Å². The molecule has 2 unspecified atom stereocenters. The number of H-pyrrole nitrogens is 1. The summed E-state index contributed by atoms with van der Waals surface area (Å²) in [6.45, 7) is 2.25. The molecule has 3 aliphatic carbocycles. The van der Waals surface area contributed by atoms with E-state index in [1.165, 1.54) is 37.2 Å². The van der Waals surface area contributed by atoms with Gasteiger partial charge in [0, 0.05) is 40.9 Å². The molecule has 2 heterocycles. The van der Waals surface area contributed by atoms with Crippen molar-refractivity contribution < 1.29 is 22.0 Å². The van der Waals surface area contributed by atoms with E-state index in [0.717, 1.165) is 31.0 Å². The van der Waals surface area contributed by atoms with Crippen molar-refractivity contribution >= 4 is 16.7 Å². The van der Waals surface area contributed by atoms with Gasteiger partial charge in [-0.1, -0.05) is 19.1 Å². The Morgan fingerprint density at radius 2 is 1.62 bits per heavy atom. The van der Waals surface area contributed by atoms with Gasteiger partial charge in [-0.25, -0.2) is 18.7 Å². The molecule has 0 amide bonds. The Kier molecular flexibility index (Phi) is 5.69. The third-order valence-corrected chi connectivity index (χ3v) is 8.13. The first-order valence-corrected chi connectivity index (χ1v) is 12.5. The van der Waals surface area contributed by atoms with Gasteiger partial charge in [0.25, 0.3) is 0 Å². The zero-order valence-electron chi connectivity index (χ0n) is 20.0. The van der Waals surface area contributed by atoms with Crippen LogP contribution in [-0.4, -0.2) is 21.0 Å². The second-order valence-corrected chi connectivity index (χ2v) is 10.3. The lowest BCUT2D eigenvalue weighted by atomic mass is 9.62. The van der Waals surface area contributed by atoms with E-state index in [2.05, 4.69) is 22.2 Å². The highest BCUT2D eigenvalue weighted by Gasteiger charge is 2.41. The molecule has 0 radical (unpaired) electrons. The highest BCUT2D eigenvalue weighted by molar-refractivity contribution is 5.94. The summed E-state index contributed by atoms with van der Waals surface area (Å²) in [6, 6.07) is 8.75. The zero-order valence-corrected chi connectivity index (χ0v) is 20.0. The normalized spacial score (nSPS) is 23.5. The van der Waals surface area contributed by atoms with Crippen LogP contribution in [-0.2, 0) is 6.18 Å². The summed E-state index contributed by atoms with van der Waals surface area (Å²) in [7, 11) is 0. The predicted molar refractivity (Wildman–Crippen MR) is 132 cm³/mol. The van der Waals surface area contributed by atoms with Crippen LogP contribution in [0.25, 0.3) is 33.5 Å². The van der Waals surface area contributed by atoms with E-state index < -0.39 is 23.4 Å². The minimum atomic E-state index is -4.45. The largest absolute Gasteiger partial charge is 0.416 e. The first kappa shape index (κ1) is 23.9. The highest BCUT2D eigenvalue weighted by Crippen LogP contribution is 2.46. The van der Waals surface area contributed by atoms with Crippen molar-refractivity contribution in [3.8, 4) is 22.6 Å². The molecule has 4 aromatic rings. The number of benzene rings is 2. The number of fused-ring (bicyclic) bond motifs is 4. The van der Waals surface area contributed by atoms with Crippen LogP contribution in [0.15, 0.2) is 48.7 Å². The van der Waals surface area contributed by atoms with E-state index >= 15 is 0 Å². The van der Waals surface area contributed by atoms with Crippen molar-refractivity contribution in [1.29, 1.82) is 0 Å². The van der Waals surface area contributed by atoms with Crippen LogP contribution < -0.4 is 5.32 Å². The van der Waals surface area contributed by atoms with Gasteiger partial charge in [-0.15, -0.1) is 0 Å². The van der Waals surface area contributed by atoms with Gasteiger partial charge in [0.1, 0.15) is 17.5 Å². The third kappa shape index (κ3) is 4.34. The van der Waals surface area contributed by atoms with Gasteiger partial charge in [-0.05, 0) is 61.6 Å². The Morgan fingerprint density at radius 3 is 2.30 bits per heavy atom. The van der Waals surface area contributed by atoms with Crippen LogP contribution in [0, 0.1) is 29.4 Å². The Morgan fingerprint density at radius 1 is 0.919 bits per heavy atom. The van der Waals surface area contributed by atoms with Crippen LogP contribution in [0.2, 0.25) is 0 Å². The predicted octanol–water partition coefficient (Wildman–Crippen LogP) is 7.83. The lowest BCUT2D eigenvalue weighted by Gasteiger charge is -2.47. The van der Waals surface area contributed by atoms with E-state index in [1.54, 1.807) is 6.07 Å². The quantitative estimate of drug-likeness (QED) is 0.274. The molecule has 4 nitrogen and oxygen atoms in total. The Bertz CT molecular complexity index is 1450. The maximum Gasteiger partial charge on any atom is 0.416 e. The smallest absolute Gasteiger partial charge is 0.367 e. The minimum Gasteiger partial charge on any atom is -0.367 e. The molecule has 37 heavy (non-hydrogen) atoms. The molecule has 2 aromatic carbocycles. The van der Waals surface area contributed by atoms with Crippen molar-refractivity contribution in [2.24, 2.45) is 17.8 Å². The number of alkyl halides is 3. The summed E-state index contributed by atoms with van der Waals surface area (Å²) in [6.07, 6.45) is 1.82. The van der Waals surface area contributed by atoms with Gasteiger partial charge in [-0.2, -0.15) is 13.2 Å². The zero-order chi connectivity index (χ0) is 25.9. The topological polar surface area (TPSA) is 53.6 Å². The number of anilines is 1. The molecule has 3 saturated carbocycles. The molecule has 0 spiro atoms. The summed E-state index contributed by atoms with van der Waals surface area (Å²) in [4.78, 5) is 12.2. The summed E-state index contributed by atoms with van der Waals surface area (Å²) in [5.41, 5.74) is 0.686. The van der Waals surface area contributed by atoms with Crippen molar-refractivity contribution in [1.82, 2.24) is 15.0 Å². The first-order chi connectivity index (χ1) is 17.7. The van der Waals surface area contributed by atoms with Crippen LogP contribution >= 0.6 is 0 Å². The Balaban J connectivity index is 1.45. The number of nitrogens with zero attached hydrogens (tertiary/aromatic N) is 2. The third-order valence-electron chi connectivity index (χ3n) is 8.13. The fourth-order valence-corrected chi connectivity index (χ4v) is 6.13. The Labute approximate surface area is 210 Å². The van der Waals surface area contributed by atoms with Crippen molar-refractivity contribution in [3.63, 3.8) is 0 Å². The van der Waals surface area contributed by atoms with E-state index in [9.17, 15) is 22.0 Å². The van der Waals surface area contributed by atoms with Crippen molar-refractivity contribution in [2.75, 3.05) is 5.32 Å². The monoisotopic (exact) mass is 512 g/mol. The maximum atomic E-state index is 14.4. The molecule has 3 aliphatic rings. The van der Waals surface area contributed by atoms with Crippen molar-refractivity contribution in [3.05, 3.63) is 65.9 Å². The SMILES string of the molecule is CC1C2CCC(CC2)C1Nc1cc(-c2ccc(C(F)(F)F)cc2)nc(-c2c[nH]c3c(F)cc(F)cc23)n1. The number of rotatable bonds is 4. The molecule has 0 aliphatic heterocycles. The summed E-state index contributed by atoms with van der Waals surface area (Å²) in [5.74, 6) is 0.930. The van der Waals surface area contributed by atoms with Gasteiger partial charge < -0.3 is 10.3 Å². The van der Waals surface area contributed by atoms with E-state index in [-0.39, 0.29) is 22.8 Å². The fourth-order valence-electron chi connectivity index (χ4n) is 6.13. The second-order valence-electron chi connectivity index (χ2n) is 10.3. The molecule has 2 atom stereocenters. The van der Waals surface area contributed by atoms with Gasteiger partial charge in [0.2, 0.25) is 0 Å². The lowest BCUT2D eigenvalue weighted by molar-refractivity contribution is -0.137. The maximum absolute atomic E-state index is 14.4. The number of halogens is 5. The van der Waals surface area contributed by atoms with E-state index in [1.807, 2.05) is 0 Å². The van der Waals surface area contributed by atoms with Crippen LogP contribution in [0.3, 0.4) is 0 Å². The molecule has 9 heteroatoms. The minimum absolute atomic E-state index is 0.132. The van der Waals surface area contributed by atoms with Gasteiger partial charge in [0.05, 0.1) is 16.8 Å².